The number of carbonyl (C=O) groups excluding carboxylic acids is 1. The number of methoxy groups -OCH3 is 3. The molecule has 0 atom stereocenters. The predicted molar refractivity (Wildman–Crippen MR) is 99.8 cm³/mol. The Hall–Kier alpha value is -2.93. The molecule has 0 aliphatic heterocycles. The minimum absolute atomic E-state index is 0.188. The molecule has 0 aliphatic rings. The molecule has 0 spiro atoms. The highest BCUT2D eigenvalue weighted by Crippen LogP contribution is 2.46. The first-order valence-corrected chi connectivity index (χ1v) is 8.11. The summed E-state index contributed by atoms with van der Waals surface area (Å²) in [6.45, 7) is 6.03. The van der Waals surface area contributed by atoms with Gasteiger partial charge in [0.05, 0.1) is 27.9 Å². The van der Waals surface area contributed by atoms with Gasteiger partial charge in [-0.3, -0.25) is 0 Å². The van der Waals surface area contributed by atoms with Gasteiger partial charge in [0.25, 0.3) is 0 Å². The quantitative estimate of drug-likeness (QED) is 0.703. The van der Waals surface area contributed by atoms with Gasteiger partial charge >= 0.3 is 5.97 Å². The Morgan fingerprint density at radius 3 is 2.38 bits per heavy atom. The standard InChI is InChI=1S/C19H24N2O5/c1-6-11-15(13(10-20)21-16(11)19(22)26-7-2)12-8-9-14(23-3)18(25-5)17(12)24-4/h6,8-9,21H,1,7,10,20H2,2-5H3. The molecule has 3 N–H and O–H groups in total. The molecule has 1 aromatic carbocycles. The Kier molecular flexibility index (Phi) is 6.30. The van der Waals surface area contributed by atoms with Crippen LogP contribution in [0.5, 0.6) is 17.2 Å². The number of aromatic nitrogens is 1. The average Bonchev–Trinajstić information content (AvgIpc) is 3.05. The lowest BCUT2D eigenvalue weighted by molar-refractivity contribution is 0.0520. The summed E-state index contributed by atoms with van der Waals surface area (Å²) in [5.74, 6) is 0.981. The predicted octanol–water partition coefficient (Wildman–Crippen LogP) is 2.99. The van der Waals surface area contributed by atoms with Gasteiger partial charge in [-0.1, -0.05) is 12.7 Å². The van der Waals surface area contributed by atoms with E-state index in [1.807, 2.05) is 6.07 Å². The molecule has 2 aromatic rings. The van der Waals surface area contributed by atoms with Gasteiger partial charge in [-0.15, -0.1) is 0 Å². The highest BCUT2D eigenvalue weighted by atomic mass is 16.5. The number of esters is 1. The van der Waals surface area contributed by atoms with Crippen LogP contribution in [0.1, 0.15) is 28.7 Å². The van der Waals surface area contributed by atoms with Crippen molar-refractivity contribution in [2.75, 3.05) is 27.9 Å². The van der Waals surface area contributed by atoms with Gasteiger partial charge in [-0.05, 0) is 19.1 Å². The molecule has 1 heterocycles. The summed E-state index contributed by atoms with van der Waals surface area (Å²) in [6.07, 6.45) is 1.59. The third-order valence-electron chi connectivity index (χ3n) is 3.98. The van der Waals surface area contributed by atoms with E-state index in [2.05, 4.69) is 11.6 Å². The van der Waals surface area contributed by atoms with Crippen molar-refractivity contribution in [1.29, 1.82) is 0 Å². The van der Waals surface area contributed by atoms with E-state index in [4.69, 9.17) is 24.7 Å². The van der Waals surface area contributed by atoms with Crippen LogP contribution in [0.4, 0.5) is 0 Å². The van der Waals surface area contributed by atoms with Gasteiger partial charge in [0, 0.05) is 28.9 Å². The van der Waals surface area contributed by atoms with Gasteiger partial charge in [0.2, 0.25) is 5.75 Å². The molecule has 140 valence electrons. The number of nitrogens with one attached hydrogen (secondary N) is 1. The Balaban J connectivity index is 2.79. The molecule has 0 saturated carbocycles. The minimum Gasteiger partial charge on any atom is -0.493 e. The SMILES string of the molecule is C=Cc1c(C(=O)OCC)[nH]c(CN)c1-c1ccc(OC)c(OC)c1OC. The normalized spacial score (nSPS) is 10.3. The maximum atomic E-state index is 12.3. The van der Waals surface area contributed by atoms with Gasteiger partial charge in [-0.25, -0.2) is 4.79 Å². The van der Waals surface area contributed by atoms with Gasteiger partial charge < -0.3 is 29.7 Å². The fourth-order valence-electron chi connectivity index (χ4n) is 2.90. The van der Waals surface area contributed by atoms with Crippen LogP contribution in [0.3, 0.4) is 0 Å². The second kappa shape index (κ2) is 8.44. The maximum absolute atomic E-state index is 12.3. The summed E-state index contributed by atoms with van der Waals surface area (Å²) in [7, 11) is 4.62. The molecule has 7 nitrogen and oxygen atoms in total. The highest BCUT2D eigenvalue weighted by molar-refractivity contribution is 5.98. The van der Waals surface area contributed by atoms with E-state index >= 15 is 0 Å². The van der Waals surface area contributed by atoms with Crippen LogP contribution in [0.15, 0.2) is 18.7 Å². The number of nitrogens with two attached hydrogens (primary N) is 1. The van der Waals surface area contributed by atoms with Crippen molar-refractivity contribution in [3.63, 3.8) is 0 Å². The highest BCUT2D eigenvalue weighted by Gasteiger charge is 2.26. The van der Waals surface area contributed by atoms with Gasteiger partial charge in [0.1, 0.15) is 5.69 Å². The maximum Gasteiger partial charge on any atom is 0.355 e. The molecule has 0 aliphatic carbocycles. The lowest BCUT2D eigenvalue weighted by Crippen LogP contribution is -2.07. The molecule has 0 bridgehead atoms. The lowest BCUT2D eigenvalue weighted by Gasteiger charge is -2.16. The summed E-state index contributed by atoms with van der Waals surface area (Å²) >= 11 is 0. The van der Waals surface area contributed by atoms with E-state index in [9.17, 15) is 4.79 Å². The first-order chi connectivity index (χ1) is 12.6. The van der Waals surface area contributed by atoms with Gasteiger partial charge in [-0.2, -0.15) is 0 Å². The van der Waals surface area contributed by atoms with Crippen molar-refractivity contribution in [2.24, 2.45) is 5.73 Å². The molecular weight excluding hydrogens is 336 g/mol. The lowest BCUT2D eigenvalue weighted by atomic mass is 9.98. The molecule has 1 aromatic heterocycles. The minimum atomic E-state index is -0.470. The summed E-state index contributed by atoms with van der Waals surface area (Å²) in [5.41, 5.74) is 8.87. The second-order valence-corrected chi connectivity index (χ2v) is 5.28. The molecule has 7 heteroatoms. The smallest absolute Gasteiger partial charge is 0.355 e. The van der Waals surface area contributed by atoms with Crippen LogP contribution < -0.4 is 19.9 Å². The van der Waals surface area contributed by atoms with Crippen LogP contribution in [-0.2, 0) is 11.3 Å². The topological polar surface area (TPSA) is 95.8 Å². The fraction of sp³-hybridized carbons (Fsp3) is 0.316. The fourth-order valence-corrected chi connectivity index (χ4v) is 2.90. The molecular formula is C19H24N2O5. The zero-order valence-electron chi connectivity index (χ0n) is 15.5. The monoisotopic (exact) mass is 360 g/mol. The molecule has 0 fully saturated rings. The first-order valence-electron chi connectivity index (χ1n) is 8.11. The average molecular weight is 360 g/mol. The number of rotatable bonds is 8. The number of hydrogen-bond acceptors (Lipinski definition) is 6. The largest absolute Gasteiger partial charge is 0.493 e. The van der Waals surface area contributed by atoms with Crippen LogP contribution in [0.2, 0.25) is 0 Å². The number of H-pyrrole nitrogens is 1. The van der Waals surface area contributed by atoms with Crippen molar-refractivity contribution in [3.8, 4) is 28.4 Å². The number of aromatic amines is 1. The molecule has 0 unspecified atom stereocenters. The Morgan fingerprint density at radius 1 is 1.19 bits per heavy atom. The van der Waals surface area contributed by atoms with E-state index in [0.717, 1.165) is 0 Å². The van der Waals surface area contributed by atoms with Crippen LogP contribution in [0.25, 0.3) is 17.2 Å². The second-order valence-electron chi connectivity index (χ2n) is 5.28. The Bertz CT molecular complexity index is 811. The van der Waals surface area contributed by atoms with Crippen molar-refractivity contribution < 1.29 is 23.7 Å². The van der Waals surface area contributed by atoms with E-state index in [1.54, 1.807) is 26.2 Å². The van der Waals surface area contributed by atoms with E-state index < -0.39 is 5.97 Å². The van der Waals surface area contributed by atoms with E-state index in [1.165, 1.54) is 14.2 Å². The number of ether oxygens (including phenoxy) is 4. The molecule has 0 amide bonds. The number of carbonyl (C=O) groups is 1. The Morgan fingerprint density at radius 2 is 1.88 bits per heavy atom. The third-order valence-corrected chi connectivity index (χ3v) is 3.98. The van der Waals surface area contributed by atoms with E-state index in [0.29, 0.717) is 45.3 Å². The van der Waals surface area contributed by atoms with E-state index in [-0.39, 0.29) is 13.2 Å². The van der Waals surface area contributed by atoms with Crippen molar-refractivity contribution in [1.82, 2.24) is 4.98 Å². The number of benzene rings is 1. The van der Waals surface area contributed by atoms with Crippen LogP contribution >= 0.6 is 0 Å². The van der Waals surface area contributed by atoms with Crippen molar-refractivity contribution >= 4 is 12.0 Å². The zero-order chi connectivity index (χ0) is 19.3. The number of hydrogen-bond donors (Lipinski definition) is 2. The molecule has 26 heavy (non-hydrogen) atoms. The van der Waals surface area contributed by atoms with Crippen molar-refractivity contribution in [3.05, 3.63) is 35.7 Å². The summed E-state index contributed by atoms with van der Waals surface area (Å²) in [4.78, 5) is 15.4. The van der Waals surface area contributed by atoms with Gasteiger partial charge in [0.15, 0.2) is 11.5 Å². The van der Waals surface area contributed by atoms with Crippen LogP contribution in [-0.4, -0.2) is 38.9 Å². The van der Waals surface area contributed by atoms with Crippen LogP contribution in [0, 0.1) is 0 Å². The Labute approximate surface area is 152 Å². The molecule has 2 rings (SSSR count). The molecule has 0 saturated heterocycles. The zero-order valence-corrected chi connectivity index (χ0v) is 15.5. The summed E-state index contributed by atoms with van der Waals surface area (Å²) in [5, 5.41) is 0. The first kappa shape index (κ1) is 19.4. The summed E-state index contributed by atoms with van der Waals surface area (Å²) < 4.78 is 21.5. The van der Waals surface area contributed by atoms with Crippen molar-refractivity contribution in [2.45, 2.75) is 13.5 Å². The summed E-state index contributed by atoms with van der Waals surface area (Å²) in [6, 6.07) is 3.59. The molecule has 0 radical (unpaired) electrons. The third kappa shape index (κ3) is 3.25.